The van der Waals surface area contributed by atoms with Crippen molar-refractivity contribution in [3.63, 3.8) is 0 Å². The van der Waals surface area contributed by atoms with Crippen LogP contribution in [-0.2, 0) is 17.6 Å². The Morgan fingerprint density at radius 1 is 1.08 bits per heavy atom. The number of amides is 1. The number of rotatable bonds is 3. The second kappa shape index (κ2) is 6.94. The second-order valence-corrected chi connectivity index (χ2v) is 7.08. The summed E-state index contributed by atoms with van der Waals surface area (Å²) < 4.78 is 1.37. The number of piperazine rings is 1. The van der Waals surface area contributed by atoms with E-state index in [1.54, 1.807) is 13.0 Å². The van der Waals surface area contributed by atoms with Gasteiger partial charge in [-0.3, -0.25) is 9.59 Å². The van der Waals surface area contributed by atoms with Gasteiger partial charge in [0.1, 0.15) is 6.04 Å². The van der Waals surface area contributed by atoms with E-state index in [2.05, 4.69) is 22.1 Å². The molecular formula is C20H24N4O2. The molecule has 1 aromatic heterocycles. The maximum atomic E-state index is 12.9. The molecule has 6 heteroatoms. The van der Waals surface area contributed by atoms with E-state index >= 15 is 0 Å². The quantitative estimate of drug-likeness (QED) is 0.843. The largest absolute Gasteiger partial charge is 0.368 e. The Labute approximate surface area is 153 Å². The third kappa shape index (κ3) is 3.11. The van der Waals surface area contributed by atoms with Crippen molar-refractivity contribution in [2.24, 2.45) is 0 Å². The van der Waals surface area contributed by atoms with Crippen molar-refractivity contribution in [1.29, 1.82) is 0 Å². The van der Waals surface area contributed by atoms with Crippen LogP contribution in [0.3, 0.4) is 0 Å². The summed E-state index contributed by atoms with van der Waals surface area (Å²) in [4.78, 5) is 29.4. The van der Waals surface area contributed by atoms with Crippen molar-refractivity contribution in [1.82, 2.24) is 14.7 Å². The molecule has 1 aromatic carbocycles. The highest BCUT2D eigenvalue weighted by atomic mass is 16.2. The van der Waals surface area contributed by atoms with Crippen LogP contribution in [0.5, 0.6) is 0 Å². The smallest absolute Gasteiger partial charge is 0.267 e. The van der Waals surface area contributed by atoms with Crippen LogP contribution in [0.25, 0.3) is 0 Å². The number of hydrogen-bond acceptors (Lipinski definition) is 4. The topological polar surface area (TPSA) is 58.4 Å². The molecule has 1 atom stereocenters. The number of aryl methyl sites for hydroxylation is 2. The number of carbonyl (C=O) groups excluding carboxylic acids is 1. The van der Waals surface area contributed by atoms with Crippen LogP contribution >= 0.6 is 0 Å². The summed E-state index contributed by atoms with van der Waals surface area (Å²) in [6.45, 7) is 4.71. The maximum absolute atomic E-state index is 12.9. The fourth-order valence-electron chi connectivity index (χ4n) is 3.89. The van der Waals surface area contributed by atoms with Crippen LogP contribution in [0.1, 0.15) is 30.6 Å². The molecule has 1 amide bonds. The first kappa shape index (κ1) is 16.8. The second-order valence-electron chi connectivity index (χ2n) is 7.08. The highest BCUT2D eigenvalue weighted by molar-refractivity contribution is 5.80. The van der Waals surface area contributed by atoms with Gasteiger partial charge in [-0.1, -0.05) is 18.2 Å². The first-order chi connectivity index (χ1) is 12.6. The van der Waals surface area contributed by atoms with Gasteiger partial charge in [-0.15, -0.1) is 0 Å². The average molecular weight is 352 g/mol. The zero-order valence-corrected chi connectivity index (χ0v) is 15.1. The zero-order chi connectivity index (χ0) is 18.1. The molecule has 1 fully saturated rings. The minimum Gasteiger partial charge on any atom is -0.368 e. The van der Waals surface area contributed by atoms with Crippen molar-refractivity contribution >= 4 is 11.6 Å². The predicted octanol–water partition coefficient (Wildman–Crippen LogP) is 1.64. The molecule has 26 heavy (non-hydrogen) atoms. The normalized spacial score (nSPS) is 17.9. The van der Waals surface area contributed by atoms with Crippen LogP contribution in [0.2, 0.25) is 0 Å². The third-order valence-electron chi connectivity index (χ3n) is 5.42. The maximum Gasteiger partial charge on any atom is 0.267 e. The highest BCUT2D eigenvalue weighted by Gasteiger charge is 2.28. The molecule has 1 aliphatic carbocycles. The van der Waals surface area contributed by atoms with Gasteiger partial charge >= 0.3 is 0 Å². The van der Waals surface area contributed by atoms with Crippen molar-refractivity contribution in [2.45, 2.75) is 32.2 Å². The minimum atomic E-state index is -0.559. The summed E-state index contributed by atoms with van der Waals surface area (Å²) in [5, 5.41) is 4.48. The molecule has 1 saturated heterocycles. The lowest BCUT2D eigenvalue weighted by molar-refractivity contribution is -0.135. The predicted molar refractivity (Wildman–Crippen MR) is 100 cm³/mol. The van der Waals surface area contributed by atoms with E-state index in [1.165, 1.54) is 10.4 Å². The molecule has 1 unspecified atom stereocenters. The Kier molecular flexibility index (Phi) is 4.49. The SMILES string of the molecule is CC(C(=O)N1CCN(c2ccccc2)CC1)n1nc2c(cc1=O)CCC2. The molecule has 0 bridgehead atoms. The number of fused-ring (bicyclic) bond motifs is 1. The van der Waals surface area contributed by atoms with Gasteiger partial charge in [-0.2, -0.15) is 5.10 Å². The molecule has 0 N–H and O–H groups in total. The van der Waals surface area contributed by atoms with E-state index in [1.807, 2.05) is 23.1 Å². The number of hydrogen-bond donors (Lipinski definition) is 0. The van der Waals surface area contributed by atoms with Gasteiger partial charge in [0.15, 0.2) is 0 Å². The summed E-state index contributed by atoms with van der Waals surface area (Å²) in [7, 11) is 0. The van der Waals surface area contributed by atoms with Crippen molar-refractivity contribution in [3.05, 3.63) is 58.0 Å². The van der Waals surface area contributed by atoms with E-state index in [0.717, 1.165) is 43.6 Å². The van der Waals surface area contributed by atoms with E-state index < -0.39 is 6.04 Å². The Morgan fingerprint density at radius 3 is 2.54 bits per heavy atom. The number of aromatic nitrogens is 2. The van der Waals surface area contributed by atoms with Crippen molar-refractivity contribution in [3.8, 4) is 0 Å². The van der Waals surface area contributed by atoms with Gasteiger partial charge in [0.05, 0.1) is 5.69 Å². The van der Waals surface area contributed by atoms with Crippen LogP contribution in [0.15, 0.2) is 41.2 Å². The summed E-state index contributed by atoms with van der Waals surface area (Å²) >= 11 is 0. The molecule has 2 aliphatic rings. The fourth-order valence-corrected chi connectivity index (χ4v) is 3.89. The summed E-state index contributed by atoms with van der Waals surface area (Å²) in [6, 6.07) is 11.3. The van der Waals surface area contributed by atoms with Crippen molar-refractivity contribution in [2.75, 3.05) is 31.1 Å². The fraction of sp³-hybridized carbons (Fsp3) is 0.450. The van der Waals surface area contributed by atoms with Crippen LogP contribution in [0.4, 0.5) is 5.69 Å². The summed E-state index contributed by atoms with van der Waals surface area (Å²) in [5.41, 5.74) is 3.03. The molecule has 2 heterocycles. The molecule has 6 nitrogen and oxygen atoms in total. The lowest BCUT2D eigenvalue weighted by atomic mass is 10.2. The Hall–Kier alpha value is -2.63. The Bertz CT molecular complexity index is 854. The Morgan fingerprint density at radius 2 is 1.81 bits per heavy atom. The Balaban J connectivity index is 1.45. The van der Waals surface area contributed by atoms with Crippen LogP contribution in [0, 0.1) is 0 Å². The van der Waals surface area contributed by atoms with E-state index in [9.17, 15) is 9.59 Å². The van der Waals surface area contributed by atoms with Crippen molar-refractivity contribution < 1.29 is 4.79 Å². The number of para-hydroxylation sites is 1. The standard InChI is InChI=1S/C20H24N4O2/c1-15(24-19(25)14-16-6-5-9-18(16)21-24)20(26)23-12-10-22(11-13-23)17-7-3-2-4-8-17/h2-4,7-8,14-15H,5-6,9-13H2,1H3. The first-order valence-corrected chi connectivity index (χ1v) is 9.34. The number of nitrogens with zero attached hydrogens (tertiary/aromatic N) is 4. The lowest BCUT2D eigenvalue weighted by Gasteiger charge is -2.37. The monoisotopic (exact) mass is 352 g/mol. The molecule has 2 aromatic rings. The van der Waals surface area contributed by atoms with E-state index in [0.29, 0.717) is 13.1 Å². The molecule has 0 saturated carbocycles. The van der Waals surface area contributed by atoms with Gasteiger partial charge < -0.3 is 9.80 Å². The lowest BCUT2D eigenvalue weighted by Crippen LogP contribution is -2.51. The molecule has 136 valence electrons. The van der Waals surface area contributed by atoms with E-state index in [-0.39, 0.29) is 11.5 Å². The van der Waals surface area contributed by atoms with Gasteiger partial charge in [-0.25, -0.2) is 4.68 Å². The van der Waals surface area contributed by atoms with Gasteiger partial charge in [0.2, 0.25) is 5.91 Å². The minimum absolute atomic E-state index is 0.0229. The highest BCUT2D eigenvalue weighted by Crippen LogP contribution is 2.20. The third-order valence-corrected chi connectivity index (χ3v) is 5.42. The number of anilines is 1. The first-order valence-electron chi connectivity index (χ1n) is 9.34. The van der Waals surface area contributed by atoms with Gasteiger partial charge in [-0.05, 0) is 43.9 Å². The van der Waals surface area contributed by atoms with E-state index in [4.69, 9.17) is 0 Å². The number of carbonyl (C=O) groups is 1. The molecule has 0 radical (unpaired) electrons. The molecule has 4 rings (SSSR count). The molecule has 0 spiro atoms. The van der Waals surface area contributed by atoms with Crippen LogP contribution < -0.4 is 10.5 Å². The summed E-state index contributed by atoms with van der Waals surface area (Å²) in [5.74, 6) is -0.0229. The van der Waals surface area contributed by atoms with Gasteiger partial charge in [0, 0.05) is 37.9 Å². The van der Waals surface area contributed by atoms with Gasteiger partial charge in [0.25, 0.3) is 5.56 Å². The number of benzene rings is 1. The average Bonchev–Trinajstić information content (AvgIpc) is 3.14. The zero-order valence-electron chi connectivity index (χ0n) is 15.1. The molecular weight excluding hydrogens is 328 g/mol. The summed E-state index contributed by atoms with van der Waals surface area (Å²) in [6.07, 6.45) is 2.85. The van der Waals surface area contributed by atoms with Crippen LogP contribution in [-0.4, -0.2) is 46.8 Å². The molecule has 1 aliphatic heterocycles.